The predicted octanol–water partition coefficient (Wildman–Crippen LogP) is 2.59. The van der Waals surface area contributed by atoms with Gasteiger partial charge in [-0.1, -0.05) is 12.1 Å². The van der Waals surface area contributed by atoms with Gasteiger partial charge in [0, 0.05) is 19.7 Å². The van der Waals surface area contributed by atoms with Crippen LogP contribution in [0.5, 0.6) is 17.2 Å². The molecular formula is C22H26N2O5. The zero-order valence-corrected chi connectivity index (χ0v) is 17.2. The summed E-state index contributed by atoms with van der Waals surface area (Å²) < 4.78 is 16.7. The second-order valence-corrected chi connectivity index (χ2v) is 7.54. The summed E-state index contributed by atoms with van der Waals surface area (Å²) in [6.07, 6.45) is 0. The highest BCUT2D eigenvalue weighted by Crippen LogP contribution is 2.34. The number of nitrogens with zero attached hydrogens (tertiary/aromatic N) is 1. The van der Waals surface area contributed by atoms with Crippen molar-refractivity contribution in [2.75, 3.05) is 33.9 Å². The molecule has 1 N–H and O–H groups in total. The lowest BCUT2D eigenvalue weighted by Crippen LogP contribution is -2.41. The SMILES string of the molecule is CN(C)C(=O)COc1cccc(C(=O)NC(C)(C)c2ccc3c(c2)OCCO3)c1. The first-order valence-corrected chi connectivity index (χ1v) is 9.42. The van der Waals surface area contributed by atoms with Gasteiger partial charge in [0.1, 0.15) is 19.0 Å². The number of nitrogens with one attached hydrogen (secondary N) is 1. The molecule has 0 fully saturated rings. The van der Waals surface area contributed by atoms with Crippen LogP contribution in [0, 0.1) is 0 Å². The Morgan fingerprint density at radius 1 is 1.07 bits per heavy atom. The van der Waals surface area contributed by atoms with Crippen LogP contribution in [0.4, 0.5) is 0 Å². The Morgan fingerprint density at radius 2 is 1.79 bits per heavy atom. The van der Waals surface area contributed by atoms with Crippen LogP contribution in [0.25, 0.3) is 0 Å². The van der Waals surface area contributed by atoms with Gasteiger partial charge in [-0.2, -0.15) is 0 Å². The molecule has 0 radical (unpaired) electrons. The van der Waals surface area contributed by atoms with Crippen LogP contribution < -0.4 is 19.5 Å². The summed E-state index contributed by atoms with van der Waals surface area (Å²) in [5, 5.41) is 3.04. The van der Waals surface area contributed by atoms with Gasteiger partial charge >= 0.3 is 0 Å². The van der Waals surface area contributed by atoms with Gasteiger partial charge in [-0.3, -0.25) is 9.59 Å². The highest BCUT2D eigenvalue weighted by molar-refractivity contribution is 5.95. The van der Waals surface area contributed by atoms with Crippen molar-refractivity contribution < 1.29 is 23.8 Å². The van der Waals surface area contributed by atoms with E-state index in [1.54, 1.807) is 38.4 Å². The van der Waals surface area contributed by atoms with Crippen LogP contribution in [-0.2, 0) is 10.3 Å². The van der Waals surface area contributed by atoms with Crippen molar-refractivity contribution in [1.29, 1.82) is 0 Å². The molecule has 7 nitrogen and oxygen atoms in total. The van der Waals surface area contributed by atoms with E-state index in [9.17, 15) is 9.59 Å². The molecule has 1 aliphatic heterocycles. The lowest BCUT2D eigenvalue weighted by atomic mass is 9.93. The quantitative estimate of drug-likeness (QED) is 0.809. The number of fused-ring (bicyclic) bond motifs is 1. The minimum absolute atomic E-state index is 0.0826. The Bertz CT molecular complexity index is 908. The molecule has 3 rings (SSSR count). The van der Waals surface area contributed by atoms with E-state index >= 15 is 0 Å². The average molecular weight is 398 g/mol. The van der Waals surface area contributed by atoms with Crippen molar-refractivity contribution in [3.63, 3.8) is 0 Å². The highest BCUT2D eigenvalue weighted by Gasteiger charge is 2.26. The third kappa shape index (κ3) is 4.99. The second-order valence-electron chi connectivity index (χ2n) is 7.54. The van der Waals surface area contributed by atoms with Crippen molar-refractivity contribution in [3.8, 4) is 17.2 Å². The summed E-state index contributed by atoms with van der Waals surface area (Å²) in [6, 6.07) is 12.4. The highest BCUT2D eigenvalue weighted by atomic mass is 16.6. The molecule has 0 unspecified atom stereocenters. The number of carbonyl (C=O) groups is 2. The zero-order valence-electron chi connectivity index (χ0n) is 17.2. The van der Waals surface area contributed by atoms with Gasteiger partial charge in [-0.15, -0.1) is 0 Å². The van der Waals surface area contributed by atoms with Gasteiger partial charge in [0.15, 0.2) is 18.1 Å². The van der Waals surface area contributed by atoms with Crippen molar-refractivity contribution in [2.45, 2.75) is 19.4 Å². The molecule has 1 aliphatic rings. The maximum atomic E-state index is 12.8. The minimum atomic E-state index is -0.634. The first-order valence-electron chi connectivity index (χ1n) is 9.42. The number of benzene rings is 2. The van der Waals surface area contributed by atoms with Gasteiger partial charge in [-0.05, 0) is 49.7 Å². The van der Waals surface area contributed by atoms with Crippen molar-refractivity contribution >= 4 is 11.8 Å². The largest absolute Gasteiger partial charge is 0.486 e. The van der Waals surface area contributed by atoms with E-state index in [0.29, 0.717) is 36.0 Å². The number of hydrogen-bond acceptors (Lipinski definition) is 5. The van der Waals surface area contributed by atoms with Crippen LogP contribution in [0.1, 0.15) is 29.8 Å². The number of hydrogen-bond donors (Lipinski definition) is 1. The smallest absolute Gasteiger partial charge is 0.259 e. The van der Waals surface area contributed by atoms with E-state index in [1.807, 2.05) is 32.0 Å². The normalized spacial score (nSPS) is 12.8. The summed E-state index contributed by atoms with van der Waals surface area (Å²) in [5.74, 6) is 1.45. The average Bonchev–Trinajstić information content (AvgIpc) is 2.71. The fraction of sp³-hybridized carbons (Fsp3) is 0.364. The summed E-state index contributed by atoms with van der Waals surface area (Å²) in [5.41, 5.74) is 0.717. The number of carbonyl (C=O) groups excluding carboxylic acids is 2. The van der Waals surface area contributed by atoms with Crippen LogP contribution in [0.3, 0.4) is 0 Å². The van der Waals surface area contributed by atoms with Crippen molar-refractivity contribution in [2.24, 2.45) is 0 Å². The molecule has 2 aromatic rings. The van der Waals surface area contributed by atoms with E-state index in [4.69, 9.17) is 14.2 Å². The molecule has 1 heterocycles. The Labute approximate surface area is 170 Å². The molecule has 29 heavy (non-hydrogen) atoms. The molecule has 2 amide bonds. The van der Waals surface area contributed by atoms with Crippen LogP contribution >= 0.6 is 0 Å². The summed E-state index contributed by atoms with van der Waals surface area (Å²) in [4.78, 5) is 26.0. The molecular weight excluding hydrogens is 372 g/mol. The number of amides is 2. The molecule has 0 aromatic heterocycles. The number of ether oxygens (including phenoxy) is 3. The van der Waals surface area contributed by atoms with Crippen LogP contribution in [0.15, 0.2) is 42.5 Å². The minimum Gasteiger partial charge on any atom is -0.486 e. The third-order valence-corrected chi connectivity index (χ3v) is 4.65. The maximum absolute atomic E-state index is 12.8. The molecule has 154 valence electrons. The van der Waals surface area contributed by atoms with E-state index in [-0.39, 0.29) is 18.4 Å². The van der Waals surface area contributed by atoms with E-state index in [2.05, 4.69) is 5.32 Å². The number of rotatable bonds is 6. The lowest BCUT2D eigenvalue weighted by Gasteiger charge is -2.29. The van der Waals surface area contributed by atoms with Crippen LogP contribution in [0.2, 0.25) is 0 Å². The Balaban J connectivity index is 1.70. The molecule has 7 heteroatoms. The van der Waals surface area contributed by atoms with E-state index < -0.39 is 5.54 Å². The first-order chi connectivity index (χ1) is 13.8. The second kappa shape index (κ2) is 8.43. The molecule has 0 spiro atoms. The molecule has 2 aromatic carbocycles. The third-order valence-electron chi connectivity index (χ3n) is 4.65. The molecule has 0 bridgehead atoms. The van der Waals surface area contributed by atoms with E-state index in [1.165, 1.54) is 4.90 Å². The Kier molecular flexibility index (Phi) is 5.96. The van der Waals surface area contributed by atoms with Gasteiger partial charge in [0.05, 0.1) is 5.54 Å². The zero-order chi connectivity index (χ0) is 21.0. The lowest BCUT2D eigenvalue weighted by molar-refractivity contribution is -0.130. The summed E-state index contributed by atoms with van der Waals surface area (Å²) in [6.45, 7) is 4.80. The Hall–Kier alpha value is -3.22. The molecule has 0 saturated carbocycles. The van der Waals surface area contributed by atoms with Crippen molar-refractivity contribution in [3.05, 3.63) is 53.6 Å². The number of likely N-dealkylation sites (N-methyl/N-ethyl adjacent to an activating group) is 1. The maximum Gasteiger partial charge on any atom is 0.259 e. The van der Waals surface area contributed by atoms with E-state index in [0.717, 1.165) is 5.56 Å². The fourth-order valence-corrected chi connectivity index (χ4v) is 2.86. The fourth-order valence-electron chi connectivity index (χ4n) is 2.86. The van der Waals surface area contributed by atoms with Gasteiger partial charge < -0.3 is 24.4 Å². The monoisotopic (exact) mass is 398 g/mol. The predicted molar refractivity (Wildman–Crippen MR) is 109 cm³/mol. The molecule has 0 saturated heterocycles. The summed E-state index contributed by atoms with van der Waals surface area (Å²) >= 11 is 0. The van der Waals surface area contributed by atoms with Gasteiger partial charge in [0.25, 0.3) is 11.8 Å². The topological polar surface area (TPSA) is 77.1 Å². The van der Waals surface area contributed by atoms with Gasteiger partial charge in [-0.25, -0.2) is 0 Å². The Morgan fingerprint density at radius 3 is 2.52 bits per heavy atom. The van der Waals surface area contributed by atoms with Crippen LogP contribution in [-0.4, -0.2) is 50.6 Å². The molecule has 0 atom stereocenters. The summed E-state index contributed by atoms with van der Waals surface area (Å²) in [7, 11) is 3.32. The van der Waals surface area contributed by atoms with Gasteiger partial charge in [0.2, 0.25) is 0 Å². The standard InChI is InChI=1S/C22H26N2O5/c1-22(2,16-8-9-18-19(13-16)28-11-10-27-18)23-21(26)15-6-5-7-17(12-15)29-14-20(25)24(3)4/h5-9,12-13H,10-11,14H2,1-4H3,(H,23,26). The first kappa shape index (κ1) is 20.5. The molecule has 0 aliphatic carbocycles. The van der Waals surface area contributed by atoms with Crippen molar-refractivity contribution in [1.82, 2.24) is 10.2 Å².